The number of aliphatic hydroxyl groups excluding tert-OH is 2. The van der Waals surface area contributed by atoms with Gasteiger partial charge in [0.2, 0.25) is 0 Å². The van der Waals surface area contributed by atoms with Gasteiger partial charge in [0.25, 0.3) is 5.56 Å². The Morgan fingerprint density at radius 2 is 1.96 bits per heavy atom. The van der Waals surface area contributed by atoms with Gasteiger partial charge in [-0.25, -0.2) is 14.2 Å². The van der Waals surface area contributed by atoms with Gasteiger partial charge >= 0.3 is 19.5 Å². The van der Waals surface area contributed by atoms with Gasteiger partial charge in [0.1, 0.15) is 30.1 Å². The van der Waals surface area contributed by atoms with Gasteiger partial charge in [-0.15, -0.1) is 0 Å². The highest BCUT2D eigenvalue weighted by Crippen LogP contribution is 2.38. The van der Waals surface area contributed by atoms with Crippen molar-refractivity contribution in [2.75, 3.05) is 6.61 Å². The maximum absolute atomic E-state index is 12.0. The van der Waals surface area contributed by atoms with Gasteiger partial charge in [-0.1, -0.05) is 0 Å². The number of rotatable bonds is 5. The number of hydrogen-bond donors (Lipinski definition) is 6. The van der Waals surface area contributed by atoms with Gasteiger partial charge in [0, 0.05) is 0 Å². The van der Waals surface area contributed by atoms with Crippen LogP contribution in [0.4, 0.5) is 0 Å². The maximum atomic E-state index is 12.0. The molecule has 0 amide bonds. The number of H-pyrrole nitrogens is 1. The van der Waals surface area contributed by atoms with Crippen LogP contribution in [-0.4, -0.2) is 65.5 Å². The zero-order valence-electron chi connectivity index (χ0n) is 12.5. The molecule has 1 saturated heterocycles. The molecule has 0 unspecified atom stereocenters. The van der Waals surface area contributed by atoms with Crippen LogP contribution in [0.25, 0.3) is 0 Å². The van der Waals surface area contributed by atoms with Crippen LogP contribution >= 0.6 is 7.82 Å². The van der Waals surface area contributed by atoms with Crippen LogP contribution < -0.4 is 11.2 Å². The van der Waals surface area contributed by atoms with Crippen molar-refractivity contribution in [1.82, 2.24) is 9.55 Å². The average molecular weight is 393 g/mol. The smallest absolute Gasteiger partial charge is 0.469 e. The minimum absolute atomic E-state index is 0.316. The highest BCUT2D eigenvalue weighted by atomic mass is 31.2. The molecule has 14 nitrogen and oxygen atoms in total. The number of carboxylic acids is 1. The fraction of sp³-hybridized carbons (Fsp3) is 0.455. The molecule has 142 valence electrons. The molecule has 1 fully saturated rings. The predicted octanol–water partition coefficient (Wildman–Crippen LogP) is -3.17. The van der Waals surface area contributed by atoms with Crippen molar-refractivity contribution in [2.24, 2.45) is 0 Å². The van der Waals surface area contributed by atoms with Gasteiger partial charge in [-0.05, 0) is 0 Å². The predicted molar refractivity (Wildman–Crippen MR) is 76.9 cm³/mol. The van der Waals surface area contributed by atoms with Crippen molar-refractivity contribution in [2.45, 2.75) is 24.5 Å². The summed E-state index contributed by atoms with van der Waals surface area (Å²) in [6.07, 6.45) is -7.06. The van der Waals surface area contributed by atoms with E-state index in [1.807, 2.05) is 0 Å². The van der Waals surface area contributed by atoms with Gasteiger partial charge in [0.15, 0.2) is 11.8 Å². The van der Waals surface area contributed by atoms with Crippen LogP contribution in [0.5, 0.6) is 0 Å². The van der Waals surface area contributed by atoms with E-state index in [1.165, 1.54) is 6.07 Å². The van der Waals surface area contributed by atoms with Crippen LogP contribution in [0, 0.1) is 11.3 Å². The number of carbonyl (C=O) groups is 1. The number of nitrogens with one attached hydrogen (secondary N) is 1. The van der Waals surface area contributed by atoms with E-state index in [4.69, 9.17) is 24.9 Å². The molecule has 0 bridgehead atoms. The summed E-state index contributed by atoms with van der Waals surface area (Å²) < 4.78 is 20.3. The Balaban J connectivity index is 2.49. The lowest BCUT2D eigenvalue weighted by Gasteiger charge is -2.19. The SMILES string of the molecule is N#Cc1c(C(=O)O)c(=O)[nH]c(=O)n1[C@@H]1O[C@H](COP(=O)(O)O)[C@@H](O)[C@H]1O. The summed E-state index contributed by atoms with van der Waals surface area (Å²) in [7, 11) is -4.93. The lowest BCUT2D eigenvalue weighted by atomic mass is 10.1. The molecule has 1 aliphatic rings. The first-order valence-electron chi connectivity index (χ1n) is 6.71. The first kappa shape index (κ1) is 19.9. The monoisotopic (exact) mass is 393 g/mol. The van der Waals surface area contributed by atoms with E-state index in [0.29, 0.717) is 4.57 Å². The second-order valence-corrected chi connectivity index (χ2v) is 6.34. The Kier molecular flexibility index (Phi) is 5.44. The van der Waals surface area contributed by atoms with Crippen molar-refractivity contribution in [3.05, 3.63) is 32.1 Å². The number of hydrogen-bond acceptors (Lipinski definition) is 9. The molecule has 0 spiro atoms. The largest absolute Gasteiger partial charge is 0.477 e. The molecular weight excluding hydrogens is 381 g/mol. The van der Waals surface area contributed by atoms with Gasteiger partial charge < -0.3 is 29.8 Å². The quantitative estimate of drug-likeness (QED) is 0.272. The minimum atomic E-state index is -4.93. The summed E-state index contributed by atoms with van der Waals surface area (Å²) >= 11 is 0. The van der Waals surface area contributed by atoms with Gasteiger partial charge in [-0.2, -0.15) is 5.26 Å². The molecule has 1 aromatic heterocycles. The van der Waals surface area contributed by atoms with Crippen LogP contribution in [-0.2, 0) is 13.8 Å². The number of aliphatic hydroxyl groups is 2. The molecule has 15 heteroatoms. The summed E-state index contributed by atoms with van der Waals surface area (Å²) in [5, 5.41) is 38.1. The van der Waals surface area contributed by atoms with E-state index in [0.717, 1.165) is 0 Å². The highest BCUT2D eigenvalue weighted by Gasteiger charge is 2.46. The second-order valence-electron chi connectivity index (χ2n) is 5.10. The number of aromatic amines is 1. The number of ether oxygens (including phenoxy) is 1. The van der Waals surface area contributed by atoms with E-state index >= 15 is 0 Å². The van der Waals surface area contributed by atoms with Crippen LogP contribution in [0.1, 0.15) is 22.3 Å². The molecular formula is C11H12N3O11P. The van der Waals surface area contributed by atoms with Gasteiger partial charge in [-0.3, -0.25) is 18.9 Å². The van der Waals surface area contributed by atoms with Crippen molar-refractivity contribution < 1.29 is 43.7 Å². The molecule has 2 heterocycles. The number of nitriles is 1. The topological polar surface area (TPSA) is 232 Å². The third-order valence-corrected chi connectivity index (χ3v) is 3.95. The number of aromatic nitrogens is 2. The van der Waals surface area contributed by atoms with E-state index in [2.05, 4.69) is 4.52 Å². The third kappa shape index (κ3) is 3.74. The molecule has 4 atom stereocenters. The maximum Gasteiger partial charge on any atom is 0.469 e. The highest BCUT2D eigenvalue weighted by molar-refractivity contribution is 7.46. The zero-order chi connectivity index (χ0) is 19.8. The zero-order valence-corrected chi connectivity index (χ0v) is 13.4. The molecule has 1 aromatic rings. The lowest BCUT2D eigenvalue weighted by Crippen LogP contribution is -2.41. The number of phosphoric acid groups is 1. The van der Waals surface area contributed by atoms with E-state index in [-0.39, 0.29) is 0 Å². The fourth-order valence-corrected chi connectivity index (χ4v) is 2.69. The number of aromatic carboxylic acids is 1. The Morgan fingerprint density at radius 1 is 1.35 bits per heavy atom. The van der Waals surface area contributed by atoms with Crippen LogP contribution in [0.2, 0.25) is 0 Å². The molecule has 6 N–H and O–H groups in total. The standard InChI is InChI=1S/C11H12N3O11P/c12-1-3-5(10(18)19)8(17)13-11(20)14(3)9-7(16)6(15)4(25-9)2-24-26(21,22)23/h4,6-7,9,15-16H,2H2,(H,18,19)(H,13,17,20)(H2,21,22,23)/t4-,6-,7-,9-/m1/s1. The summed E-state index contributed by atoms with van der Waals surface area (Å²) in [6, 6.07) is 1.34. The minimum Gasteiger partial charge on any atom is -0.477 e. The molecule has 1 aliphatic heterocycles. The Morgan fingerprint density at radius 3 is 2.46 bits per heavy atom. The molecule has 0 aliphatic carbocycles. The number of carboxylic acid groups (broad SMARTS) is 1. The van der Waals surface area contributed by atoms with Crippen molar-refractivity contribution in [3.8, 4) is 6.07 Å². The normalized spacial score (nSPS) is 25.8. The molecule has 0 aromatic carbocycles. The van der Waals surface area contributed by atoms with Crippen LogP contribution in [0.15, 0.2) is 9.59 Å². The summed E-state index contributed by atoms with van der Waals surface area (Å²) in [5.41, 5.74) is -4.69. The van der Waals surface area contributed by atoms with E-state index in [1.54, 1.807) is 4.98 Å². The lowest BCUT2D eigenvalue weighted by molar-refractivity contribution is -0.0548. The Labute approximate surface area is 142 Å². The summed E-state index contributed by atoms with van der Waals surface area (Å²) in [4.78, 5) is 53.7. The van der Waals surface area contributed by atoms with E-state index < -0.39 is 67.4 Å². The second kappa shape index (κ2) is 7.09. The Bertz CT molecular complexity index is 925. The van der Waals surface area contributed by atoms with Crippen molar-refractivity contribution in [1.29, 1.82) is 5.26 Å². The van der Waals surface area contributed by atoms with Gasteiger partial charge in [0.05, 0.1) is 6.61 Å². The first-order valence-corrected chi connectivity index (χ1v) is 8.25. The summed E-state index contributed by atoms with van der Waals surface area (Å²) in [6.45, 7) is -0.884. The fourth-order valence-electron chi connectivity index (χ4n) is 2.35. The van der Waals surface area contributed by atoms with Crippen molar-refractivity contribution >= 4 is 13.8 Å². The number of nitrogens with zero attached hydrogens (tertiary/aromatic N) is 2. The Hall–Kier alpha value is -2.37. The van der Waals surface area contributed by atoms with Crippen molar-refractivity contribution in [3.63, 3.8) is 0 Å². The molecule has 26 heavy (non-hydrogen) atoms. The number of phosphoric ester groups is 1. The summed E-state index contributed by atoms with van der Waals surface area (Å²) in [5.74, 6) is -1.83. The average Bonchev–Trinajstić information content (AvgIpc) is 2.79. The molecule has 0 saturated carbocycles. The first-order chi connectivity index (χ1) is 12.0. The molecule has 2 rings (SSSR count). The third-order valence-electron chi connectivity index (χ3n) is 3.46. The van der Waals surface area contributed by atoms with E-state index in [9.17, 15) is 29.2 Å². The molecule has 0 radical (unpaired) electrons. The van der Waals surface area contributed by atoms with Crippen LogP contribution in [0.3, 0.4) is 0 Å².